The second kappa shape index (κ2) is 6.51. The van der Waals surface area contributed by atoms with Gasteiger partial charge in [0.2, 0.25) is 5.88 Å². The fraction of sp³-hybridized carbons (Fsp3) is 0.143. The van der Waals surface area contributed by atoms with Crippen LogP contribution in [0.25, 0.3) is 0 Å². The largest absolute Gasteiger partial charge is 0.480 e. The maximum Gasteiger partial charge on any atom is 0.319 e. The zero-order chi connectivity index (χ0) is 14.4. The Balaban J connectivity index is 1.91. The van der Waals surface area contributed by atoms with Crippen molar-refractivity contribution in [1.82, 2.24) is 10.3 Å². The number of nitrogens with one attached hydrogen (secondary N) is 2. The molecule has 1 heterocycles. The third-order valence-corrected chi connectivity index (χ3v) is 2.58. The van der Waals surface area contributed by atoms with Crippen molar-refractivity contribution in [1.29, 1.82) is 0 Å². The number of hydrogen-bond donors (Lipinski definition) is 2. The number of carbonyl (C=O) groups excluding carboxylic acids is 1. The number of amides is 2. The molecule has 0 aliphatic rings. The highest BCUT2D eigenvalue weighted by atomic mass is 19.1. The molecular weight excluding hydrogens is 261 g/mol. The predicted octanol–water partition coefficient (Wildman–Crippen LogP) is 2.55. The first-order valence-electron chi connectivity index (χ1n) is 5.97. The summed E-state index contributed by atoms with van der Waals surface area (Å²) in [6.07, 6.45) is 1.57. The Labute approximate surface area is 115 Å². The Hall–Kier alpha value is -2.63. The third-order valence-electron chi connectivity index (χ3n) is 2.58. The van der Waals surface area contributed by atoms with Crippen LogP contribution in [-0.4, -0.2) is 18.1 Å². The fourth-order valence-corrected chi connectivity index (χ4v) is 1.60. The maximum absolute atomic E-state index is 12.7. The van der Waals surface area contributed by atoms with Crippen LogP contribution < -0.4 is 15.4 Å². The molecule has 0 atom stereocenters. The number of pyridine rings is 1. The Morgan fingerprint density at radius 3 is 2.75 bits per heavy atom. The van der Waals surface area contributed by atoms with Crippen molar-refractivity contribution in [2.75, 3.05) is 12.4 Å². The molecule has 1 aromatic carbocycles. The lowest BCUT2D eigenvalue weighted by molar-refractivity contribution is 0.251. The molecule has 0 saturated heterocycles. The van der Waals surface area contributed by atoms with Gasteiger partial charge in [-0.2, -0.15) is 0 Å². The number of rotatable bonds is 4. The summed E-state index contributed by atoms with van der Waals surface area (Å²) in [6.45, 7) is 0.300. The second-order valence-electron chi connectivity index (χ2n) is 3.99. The van der Waals surface area contributed by atoms with E-state index in [0.29, 0.717) is 18.1 Å². The molecule has 0 saturated carbocycles. The van der Waals surface area contributed by atoms with Gasteiger partial charge in [-0.05, 0) is 29.8 Å². The van der Waals surface area contributed by atoms with E-state index < -0.39 is 0 Å². The summed E-state index contributed by atoms with van der Waals surface area (Å²) in [5.74, 6) is 0.0303. The molecule has 0 bridgehead atoms. The van der Waals surface area contributed by atoms with E-state index in [9.17, 15) is 9.18 Å². The van der Waals surface area contributed by atoms with E-state index >= 15 is 0 Å². The summed E-state index contributed by atoms with van der Waals surface area (Å²) in [4.78, 5) is 15.7. The number of hydrogen-bond acceptors (Lipinski definition) is 3. The molecule has 2 amide bonds. The number of benzene rings is 1. The minimum Gasteiger partial charge on any atom is -0.480 e. The number of methoxy groups -OCH3 is 1. The van der Waals surface area contributed by atoms with Crippen molar-refractivity contribution < 1.29 is 13.9 Å². The number of halogens is 1. The Bertz CT molecular complexity index is 587. The minimum absolute atomic E-state index is 0.300. The highest BCUT2D eigenvalue weighted by molar-refractivity contribution is 5.90. The van der Waals surface area contributed by atoms with Crippen LogP contribution in [0.3, 0.4) is 0 Å². The highest BCUT2D eigenvalue weighted by Gasteiger charge is 2.07. The van der Waals surface area contributed by atoms with Crippen molar-refractivity contribution in [3.63, 3.8) is 0 Å². The summed E-state index contributed by atoms with van der Waals surface area (Å²) in [6, 6.07) is 8.90. The van der Waals surface area contributed by atoms with Crippen LogP contribution >= 0.6 is 0 Å². The number of aromatic nitrogens is 1. The van der Waals surface area contributed by atoms with Gasteiger partial charge in [-0.15, -0.1) is 0 Å². The lowest BCUT2D eigenvalue weighted by Gasteiger charge is -2.10. The molecule has 2 aromatic rings. The van der Waals surface area contributed by atoms with Gasteiger partial charge >= 0.3 is 6.03 Å². The van der Waals surface area contributed by atoms with Crippen LogP contribution in [0.1, 0.15) is 5.56 Å². The summed E-state index contributed by atoms with van der Waals surface area (Å²) in [5.41, 5.74) is 1.28. The number of anilines is 1. The lowest BCUT2D eigenvalue weighted by atomic mass is 10.2. The zero-order valence-corrected chi connectivity index (χ0v) is 10.9. The molecular formula is C14H14FN3O2. The molecule has 0 unspecified atom stereocenters. The molecule has 5 nitrogen and oxygen atoms in total. The average Bonchev–Trinajstić information content (AvgIpc) is 2.47. The Kier molecular flexibility index (Phi) is 4.49. The van der Waals surface area contributed by atoms with Crippen LogP contribution in [0.5, 0.6) is 5.88 Å². The smallest absolute Gasteiger partial charge is 0.319 e. The van der Waals surface area contributed by atoms with Gasteiger partial charge in [-0.1, -0.05) is 12.1 Å². The molecule has 0 radical (unpaired) electrons. The first-order valence-corrected chi connectivity index (χ1v) is 5.97. The molecule has 20 heavy (non-hydrogen) atoms. The van der Waals surface area contributed by atoms with E-state index in [1.807, 2.05) is 0 Å². The molecule has 104 valence electrons. The molecule has 0 aliphatic carbocycles. The Morgan fingerprint density at radius 2 is 2.05 bits per heavy atom. The summed E-state index contributed by atoms with van der Waals surface area (Å²) < 4.78 is 17.8. The standard InChI is InChI=1S/C14H14FN3O2/c1-20-13-12(3-2-8-16-13)18-14(19)17-9-10-4-6-11(15)7-5-10/h2-8H,9H2,1H3,(H2,17,18,19). The van der Waals surface area contributed by atoms with Gasteiger partial charge in [0.1, 0.15) is 11.5 Å². The SMILES string of the molecule is COc1ncccc1NC(=O)NCc1ccc(F)cc1. The predicted molar refractivity (Wildman–Crippen MR) is 73.0 cm³/mol. The zero-order valence-electron chi connectivity index (χ0n) is 10.9. The molecule has 0 spiro atoms. The lowest BCUT2D eigenvalue weighted by Crippen LogP contribution is -2.28. The first kappa shape index (κ1) is 13.8. The molecule has 0 aliphatic heterocycles. The maximum atomic E-state index is 12.7. The van der Waals surface area contributed by atoms with Gasteiger partial charge in [0.25, 0.3) is 0 Å². The van der Waals surface area contributed by atoms with Crippen LogP contribution in [-0.2, 0) is 6.54 Å². The van der Waals surface area contributed by atoms with E-state index in [1.54, 1.807) is 30.5 Å². The first-order chi connectivity index (χ1) is 9.69. The summed E-state index contributed by atoms with van der Waals surface area (Å²) >= 11 is 0. The summed E-state index contributed by atoms with van der Waals surface area (Å²) in [5, 5.41) is 5.29. The van der Waals surface area contributed by atoms with Gasteiger partial charge < -0.3 is 15.4 Å². The van der Waals surface area contributed by atoms with Gasteiger partial charge in [-0.25, -0.2) is 14.2 Å². The van der Waals surface area contributed by atoms with Gasteiger partial charge in [0, 0.05) is 12.7 Å². The second-order valence-corrected chi connectivity index (χ2v) is 3.99. The van der Waals surface area contributed by atoms with Crippen molar-refractivity contribution in [2.24, 2.45) is 0 Å². The van der Waals surface area contributed by atoms with E-state index in [0.717, 1.165) is 5.56 Å². The van der Waals surface area contributed by atoms with Crippen molar-refractivity contribution >= 4 is 11.7 Å². The molecule has 2 rings (SSSR count). The third kappa shape index (κ3) is 3.68. The monoisotopic (exact) mass is 275 g/mol. The normalized spacial score (nSPS) is 9.90. The average molecular weight is 275 g/mol. The molecule has 0 fully saturated rings. The topological polar surface area (TPSA) is 63.2 Å². The number of nitrogens with zero attached hydrogens (tertiary/aromatic N) is 1. The van der Waals surface area contributed by atoms with Crippen molar-refractivity contribution in [2.45, 2.75) is 6.54 Å². The van der Waals surface area contributed by atoms with E-state index in [2.05, 4.69) is 15.6 Å². The molecule has 1 aromatic heterocycles. The summed E-state index contributed by atoms with van der Waals surface area (Å²) in [7, 11) is 1.48. The van der Waals surface area contributed by atoms with Gasteiger partial charge in [-0.3, -0.25) is 0 Å². The van der Waals surface area contributed by atoms with Crippen molar-refractivity contribution in [3.05, 3.63) is 54.0 Å². The van der Waals surface area contributed by atoms with Crippen LogP contribution in [0.2, 0.25) is 0 Å². The fourth-order valence-electron chi connectivity index (χ4n) is 1.60. The highest BCUT2D eigenvalue weighted by Crippen LogP contribution is 2.19. The number of urea groups is 1. The number of ether oxygens (including phenoxy) is 1. The van der Waals surface area contributed by atoms with E-state index in [4.69, 9.17) is 4.74 Å². The number of carbonyl (C=O) groups is 1. The quantitative estimate of drug-likeness (QED) is 0.901. The molecule has 2 N–H and O–H groups in total. The van der Waals surface area contributed by atoms with E-state index in [-0.39, 0.29) is 11.8 Å². The van der Waals surface area contributed by atoms with Gasteiger partial charge in [0.05, 0.1) is 7.11 Å². The minimum atomic E-state index is -0.388. The van der Waals surface area contributed by atoms with Crippen molar-refractivity contribution in [3.8, 4) is 5.88 Å². The van der Waals surface area contributed by atoms with Gasteiger partial charge in [0.15, 0.2) is 0 Å². The Morgan fingerprint density at radius 1 is 1.30 bits per heavy atom. The van der Waals surface area contributed by atoms with Crippen LogP contribution in [0, 0.1) is 5.82 Å². The molecule has 6 heteroatoms. The van der Waals surface area contributed by atoms with Crippen LogP contribution in [0.15, 0.2) is 42.6 Å². The van der Waals surface area contributed by atoms with E-state index in [1.165, 1.54) is 19.2 Å². The van der Waals surface area contributed by atoms with Crippen LogP contribution in [0.4, 0.5) is 14.9 Å².